The molecule has 0 atom stereocenters. The molecule has 1 N–H and O–H groups in total. The number of carboxylic acids is 1. The van der Waals surface area contributed by atoms with Crippen LogP contribution in [-0.2, 0) is 11.2 Å². The van der Waals surface area contributed by atoms with Crippen molar-refractivity contribution < 1.29 is 18.7 Å². The lowest BCUT2D eigenvalue weighted by Gasteiger charge is -2.10. The first-order valence-electron chi connectivity index (χ1n) is 6.27. The molecule has 5 nitrogen and oxygen atoms in total. The fraction of sp³-hybridized carbons (Fsp3) is 0.308. The van der Waals surface area contributed by atoms with E-state index < -0.39 is 17.6 Å². The Kier molecular flexibility index (Phi) is 4.89. The number of aliphatic carboxylic acids is 1. The fourth-order valence-corrected chi connectivity index (χ4v) is 2.49. The Morgan fingerprint density at radius 1 is 1.38 bits per heavy atom. The lowest BCUT2D eigenvalue weighted by Crippen LogP contribution is -2.07. The highest BCUT2D eigenvalue weighted by Crippen LogP contribution is 2.24. The first-order valence-corrected chi connectivity index (χ1v) is 7.25. The number of rotatable bonds is 6. The molecule has 0 aliphatic rings. The van der Waals surface area contributed by atoms with Crippen molar-refractivity contribution in [3.63, 3.8) is 0 Å². The van der Waals surface area contributed by atoms with Gasteiger partial charge in [0.05, 0.1) is 11.4 Å². The first kappa shape index (κ1) is 15.4. The van der Waals surface area contributed by atoms with E-state index in [1.165, 1.54) is 10.6 Å². The van der Waals surface area contributed by atoms with E-state index in [0.29, 0.717) is 12.2 Å². The number of nitrogens with zero attached hydrogens (tertiary/aromatic N) is 3. The standard InChI is InChI=1S/C13H13F2N3O2S/c1-2-3-11-16-17-13(21-7-12(19)20)18(11)10-5-4-8(14)6-9(10)15/h4-6H,2-3,7H2,1H3,(H,19,20). The molecule has 8 heteroatoms. The van der Waals surface area contributed by atoms with Crippen molar-refractivity contribution in [3.05, 3.63) is 35.7 Å². The summed E-state index contributed by atoms with van der Waals surface area (Å²) in [5.74, 6) is -2.14. The molecule has 1 aromatic carbocycles. The largest absolute Gasteiger partial charge is 0.481 e. The van der Waals surface area contributed by atoms with Crippen LogP contribution >= 0.6 is 11.8 Å². The maximum absolute atomic E-state index is 14.0. The molecule has 0 aliphatic carbocycles. The van der Waals surface area contributed by atoms with E-state index in [-0.39, 0.29) is 16.6 Å². The average Bonchev–Trinajstić information content (AvgIpc) is 2.80. The van der Waals surface area contributed by atoms with Gasteiger partial charge in [-0.15, -0.1) is 10.2 Å². The molecule has 0 saturated heterocycles. The quantitative estimate of drug-likeness (QED) is 0.830. The Morgan fingerprint density at radius 3 is 2.76 bits per heavy atom. The summed E-state index contributed by atoms with van der Waals surface area (Å²) in [7, 11) is 0. The van der Waals surface area contributed by atoms with Crippen LogP contribution in [0.1, 0.15) is 19.2 Å². The van der Waals surface area contributed by atoms with Gasteiger partial charge < -0.3 is 5.11 Å². The van der Waals surface area contributed by atoms with Gasteiger partial charge in [-0.3, -0.25) is 9.36 Å². The van der Waals surface area contributed by atoms with Crippen molar-refractivity contribution in [2.45, 2.75) is 24.9 Å². The molecule has 0 bridgehead atoms. The van der Waals surface area contributed by atoms with Crippen LogP contribution in [0.5, 0.6) is 0 Å². The van der Waals surface area contributed by atoms with Crippen molar-refractivity contribution in [2.24, 2.45) is 0 Å². The third-order valence-electron chi connectivity index (χ3n) is 2.65. The molecule has 21 heavy (non-hydrogen) atoms. The number of hydrogen-bond acceptors (Lipinski definition) is 4. The van der Waals surface area contributed by atoms with E-state index in [9.17, 15) is 13.6 Å². The van der Waals surface area contributed by atoms with Crippen LogP contribution in [0.4, 0.5) is 8.78 Å². The topological polar surface area (TPSA) is 68.0 Å². The summed E-state index contributed by atoms with van der Waals surface area (Å²) in [5.41, 5.74) is 0.109. The fourth-order valence-electron chi connectivity index (χ4n) is 1.81. The summed E-state index contributed by atoms with van der Waals surface area (Å²) >= 11 is 0.939. The normalized spacial score (nSPS) is 10.8. The molecular formula is C13H13F2N3O2S. The maximum atomic E-state index is 14.0. The SMILES string of the molecule is CCCc1nnc(SCC(=O)O)n1-c1ccc(F)cc1F. The van der Waals surface area contributed by atoms with Crippen molar-refractivity contribution >= 4 is 17.7 Å². The number of aryl methyl sites for hydroxylation is 1. The van der Waals surface area contributed by atoms with Gasteiger partial charge in [-0.25, -0.2) is 8.78 Å². The van der Waals surface area contributed by atoms with E-state index in [2.05, 4.69) is 10.2 Å². The average molecular weight is 313 g/mol. The second kappa shape index (κ2) is 6.66. The molecule has 0 amide bonds. The van der Waals surface area contributed by atoms with Crippen LogP contribution in [-0.4, -0.2) is 31.6 Å². The zero-order chi connectivity index (χ0) is 15.4. The Hall–Kier alpha value is -1.96. The van der Waals surface area contributed by atoms with E-state index in [0.717, 1.165) is 30.3 Å². The number of halogens is 2. The summed E-state index contributed by atoms with van der Waals surface area (Å²) < 4.78 is 28.4. The zero-order valence-corrected chi connectivity index (χ0v) is 12.0. The second-order valence-electron chi connectivity index (χ2n) is 4.26. The predicted molar refractivity (Wildman–Crippen MR) is 73.6 cm³/mol. The monoisotopic (exact) mass is 313 g/mol. The smallest absolute Gasteiger partial charge is 0.313 e. The first-order chi connectivity index (χ1) is 10.0. The zero-order valence-electron chi connectivity index (χ0n) is 11.2. The molecule has 1 aromatic heterocycles. The number of benzene rings is 1. The molecule has 2 aromatic rings. The highest BCUT2D eigenvalue weighted by molar-refractivity contribution is 7.99. The van der Waals surface area contributed by atoms with E-state index in [1.54, 1.807) is 0 Å². The van der Waals surface area contributed by atoms with E-state index in [1.807, 2.05) is 6.92 Å². The third kappa shape index (κ3) is 3.57. The molecule has 2 rings (SSSR count). The van der Waals surface area contributed by atoms with Crippen molar-refractivity contribution in [2.75, 3.05) is 5.75 Å². The van der Waals surface area contributed by atoms with Crippen LogP contribution in [0.3, 0.4) is 0 Å². The number of thioether (sulfide) groups is 1. The maximum Gasteiger partial charge on any atom is 0.313 e. The van der Waals surface area contributed by atoms with Gasteiger partial charge in [0.1, 0.15) is 17.5 Å². The molecule has 1 heterocycles. The Morgan fingerprint density at radius 2 is 2.14 bits per heavy atom. The van der Waals surface area contributed by atoms with Crippen LogP contribution in [0.2, 0.25) is 0 Å². The minimum Gasteiger partial charge on any atom is -0.481 e. The molecule has 0 fully saturated rings. The highest BCUT2D eigenvalue weighted by Gasteiger charge is 2.18. The molecular weight excluding hydrogens is 300 g/mol. The highest BCUT2D eigenvalue weighted by atomic mass is 32.2. The Balaban J connectivity index is 2.47. The summed E-state index contributed by atoms with van der Waals surface area (Å²) in [6.45, 7) is 1.93. The lowest BCUT2D eigenvalue weighted by atomic mass is 10.2. The van der Waals surface area contributed by atoms with Crippen molar-refractivity contribution in [1.29, 1.82) is 0 Å². The van der Waals surface area contributed by atoms with Crippen molar-refractivity contribution in [1.82, 2.24) is 14.8 Å². The minimum atomic E-state index is -1.01. The number of aromatic nitrogens is 3. The summed E-state index contributed by atoms with van der Waals surface area (Å²) in [5, 5.41) is 16.9. The molecule has 0 aliphatic heterocycles. The van der Waals surface area contributed by atoms with Crippen LogP contribution < -0.4 is 0 Å². The summed E-state index contributed by atoms with van der Waals surface area (Å²) in [6, 6.07) is 3.20. The Bertz CT molecular complexity index is 661. The predicted octanol–water partition coefficient (Wildman–Crippen LogP) is 2.67. The molecule has 112 valence electrons. The van der Waals surface area contributed by atoms with Crippen LogP contribution in [0.15, 0.2) is 23.4 Å². The van der Waals surface area contributed by atoms with Gasteiger partial charge in [0.2, 0.25) is 0 Å². The number of carboxylic acid groups (broad SMARTS) is 1. The van der Waals surface area contributed by atoms with Crippen molar-refractivity contribution in [3.8, 4) is 5.69 Å². The van der Waals surface area contributed by atoms with Gasteiger partial charge >= 0.3 is 5.97 Å². The summed E-state index contributed by atoms with van der Waals surface area (Å²) in [6.07, 6.45) is 1.32. The van der Waals surface area contributed by atoms with Gasteiger partial charge in [0, 0.05) is 12.5 Å². The number of carbonyl (C=O) groups is 1. The van der Waals surface area contributed by atoms with Gasteiger partial charge in [0.15, 0.2) is 5.16 Å². The Labute approximate surface area is 124 Å². The lowest BCUT2D eigenvalue weighted by molar-refractivity contribution is -0.133. The molecule has 0 saturated carbocycles. The third-order valence-corrected chi connectivity index (χ3v) is 3.56. The van der Waals surface area contributed by atoms with E-state index >= 15 is 0 Å². The molecule has 0 spiro atoms. The molecule has 0 radical (unpaired) electrons. The van der Waals surface area contributed by atoms with Gasteiger partial charge in [-0.1, -0.05) is 18.7 Å². The van der Waals surface area contributed by atoms with Gasteiger partial charge in [-0.05, 0) is 18.6 Å². The minimum absolute atomic E-state index is 0.109. The van der Waals surface area contributed by atoms with E-state index in [4.69, 9.17) is 5.11 Å². The second-order valence-corrected chi connectivity index (χ2v) is 5.20. The van der Waals surface area contributed by atoms with Gasteiger partial charge in [-0.2, -0.15) is 0 Å². The number of hydrogen-bond donors (Lipinski definition) is 1. The van der Waals surface area contributed by atoms with Crippen LogP contribution in [0.25, 0.3) is 5.69 Å². The van der Waals surface area contributed by atoms with Gasteiger partial charge in [0.25, 0.3) is 0 Å². The molecule has 0 unspecified atom stereocenters. The summed E-state index contributed by atoms with van der Waals surface area (Å²) in [4.78, 5) is 10.7. The van der Waals surface area contributed by atoms with Crippen LogP contribution in [0, 0.1) is 11.6 Å².